The van der Waals surface area contributed by atoms with E-state index in [0.29, 0.717) is 30.3 Å². The number of halogens is 3. The molecule has 1 aliphatic rings. The molecule has 4 nitrogen and oxygen atoms in total. The molecule has 1 saturated heterocycles. The molecule has 136 valence electrons. The van der Waals surface area contributed by atoms with Gasteiger partial charge in [0.1, 0.15) is 0 Å². The van der Waals surface area contributed by atoms with E-state index in [2.05, 4.69) is 0 Å². The van der Waals surface area contributed by atoms with Gasteiger partial charge in [0.25, 0.3) is 5.91 Å². The van der Waals surface area contributed by atoms with E-state index >= 15 is 0 Å². The van der Waals surface area contributed by atoms with Gasteiger partial charge in [0, 0.05) is 18.7 Å². The lowest BCUT2D eigenvalue weighted by Gasteiger charge is -2.16. The van der Waals surface area contributed by atoms with Crippen molar-refractivity contribution in [3.05, 3.63) is 59.2 Å². The number of nitrogens with zero attached hydrogens (tertiary/aromatic N) is 1. The second-order valence-corrected chi connectivity index (χ2v) is 6.18. The molecule has 0 bridgehead atoms. The first-order valence-corrected chi connectivity index (χ1v) is 8.11. The molecular formula is C19H16F3NO3. The highest BCUT2D eigenvalue weighted by Crippen LogP contribution is 2.34. The lowest BCUT2D eigenvalue weighted by atomic mass is 9.98. The van der Waals surface area contributed by atoms with Crippen LogP contribution in [0.15, 0.2) is 42.5 Å². The average molecular weight is 363 g/mol. The zero-order chi connectivity index (χ0) is 18.9. The number of aromatic carboxylic acids is 1. The molecule has 0 saturated carbocycles. The first-order valence-electron chi connectivity index (χ1n) is 8.11. The molecule has 1 aliphatic heterocycles. The fourth-order valence-electron chi connectivity index (χ4n) is 3.02. The molecule has 1 N–H and O–H groups in total. The summed E-state index contributed by atoms with van der Waals surface area (Å²) in [4.78, 5) is 25.4. The minimum atomic E-state index is -4.66. The third-order valence-corrected chi connectivity index (χ3v) is 4.34. The first-order chi connectivity index (χ1) is 12.3. The van der Waals surface area contributed by atoms with Crippen LogP contribution >= 0.6 is 0 Å². The number of amides is 1. The summed E-state index contributed by atoms with van der Waals surface area (Å²) in [5, 5.41) is 9.10. The number of carboxylic acids is 1. The predicted octanol–water partition coefficient (Wildman–Crippen LogP) is 4.31. The third kappa shape index (κ3) is 3.71. The van der Waals surface area contributed by atoms with Gasteiger partial charge in [-0.25, -0.2) is 4.79 Å². The highest BCUT2D eigenvalue weighted by atomic mass is 19.4. The summed E-state index contributed by atoms with van der Waals surface area (Å²) >= 11 is 0. The standard InChI is InChI=1S/C19H16F3NO3/c20-19(21,22)16-10-14(9-15(11-16)18(25)26)12-4-3-5-13(8-12)17(24)23-6-1-2-7-23/h3-5,8-11H,1-2,6-7H2,(H,25,26). The summed E-state index contributed by atoms with van der Waals surface area (Å²) in [6.45, 7) is 1.32. The van der Waals surface area contributed by atoms with Crippen LogP contribution in [0.1, 0.15) is 39.1 Å². The summed E-state index contributed by atoms with van der Waals surface area (Å²) in [5.41, 5.74) is -0.648. The number of carbonyl (C=O) groups excluding carboxylic acids is 1. The molecule has 1 amide bonds. The Morgan fingerprint density at radius 1 is 0.923 bits per heavy atom. The molecule has 2 aromatic carbocycles. The summed E-state index contributed by atoms with van der Waals surface area (Å²) in [6.07, 6.45) is -2.80. The van der Waals surface area contributed by atoms with Crippen molar-refractivity contribution in [3.63, 3.8) is 0 Å². The number of rotatable bonds is 3. The highest BCUT2D eigenvalue weighted by molar-refractivity contribution is 5.96. The van der Waals surface area contributed by atoms with E-state index in [0.717, 1.165) is 18.9 Å². The normalized spacial score (nSPS) is 14.5. The van der Waals surface area contributed by atoms with Crippen molar-refractivity contribution >= 4 is 11.9 Å². The van der Waals surface area contributed by atoms with Gasteiger partial charge in [0.15, 0.2) is 0 Å². The number of likely N-dealkylation sites (tertiary alicyclic amines) is 1. The number of carboxylic acid groups (broad SMARTS) is 1. The van der Waals surface area contributed by atoms with E-state index in [4.69, 9.17) is 5.11 Å². The topological polar surface area (TPSA) is 57.6 Å². The zero-order valence-electron chi connectivity index (χ0n) is 13.7. The lowest BCUT2D eigenvalue weighted by molar-refractivity contribution is -0.137. The van der Waals surface area contributed by atoms with E-state index in [1.165, 1.54) is 12.1 Å². The Hall–Kier alpha value is -2.83. The third-order valence-electron chi connectivity index (χ3n) is 4.34. The van der Waals surface area contributed by atoms with E-state index < -0.39 is 23.3 Å². The molecule has 0 radical (unpaired) electrons. The van der Waals surface area contributed by atoms with Crippen LogP contribution < -0.4 is 0 Å². The molecule has 1 heterocycles. The minimum Gasteiger partial charge on any atom is -0.478 e. The second kappa shape index (κ2) is 6.82. The molecule has 0 aliphatic carbocycles. The first kappa shape index (κ1) is 18.0. The van der Waals surface area contributed by atoms with Gasteiger partial charge in [-0.05, 0) is 54.3 Å². The number of hydrogen-bond donors (Lipinski definition) is 1. The number of hydrogen-bond acceptors (Lipinski definition) is 2. The predicted molar refractivity (Wildman–Crippen MR) is 89.0 cm³/mol. The molecule has 7 heteroatoms. The van der Waals surface area contributed by atoms with Crippen molar-refractivity contribution in [1.29, 1.82) is 0 Å². The highest BCUT2D eigenvalue weighted by Gasteiger charge is 2.32. The maximum atomic E-state index is 13.1. The van der Waals surface area contributed by atoms with Gasteiger partial charge in [-0.15, -0.1) is 0 Å². The Bertz CT molecular complexity index is 855. The van der Waals surface area contributed by atoms with Crippen molar-refractivity contribution in [2.75, 3.05) is 13.1 Å². The quantitative estimate of drug-likeness (QED) is 0.884. The van der Waals surface area contributed by atoms with Gasteiger partial charge in [-0.3, -0.25) is 4.79 Å². The Kier molecular flexibility index (Phi) is 4.71. The van der Waals surface area contributed by atoms with Crippen LogP contribution in [0.5, 0.6) is 0 Å². The van der Waals surface area contributed by atoms with Gasteiger partial charge < -0.3 is 10.0 Å². The van der Waals surface area contributed by atoms with Crippen molar-refractivity contribution in [2.45, 2.75) is 19.0 Å². The monoisotopic (exact) mass is 363 g/mol. The molecular weight excluding hydrogens is 347 g/mol. The van der Waals surface area contributed by atoms with Gasteiger partial charge in [0.2, 0.25) is 0 Å². The van der Waals surface area contributed by atoms with Crippen LogP contribution in [-0.2, 0) is 6.18 Å². The Balaban J connectivity index is 2.03. The largest absolute Gasteiger partial charge is 0.478 e. The molecule has 0 atom stereocenters. The SMILES string of the molecule is O=C(O)c1cc(-c2cccc(C(=O)N3CCCC3)c2)cc(C(F)(F)F)c1. The maximum absolute atomic E-state index is 13.1. The minimum absolute atomic E-state index is 0.105. The van der Waals surface area contributed by atoms with Crippen LogP contribution in [0.2, 0.25) is 0 Å². The van der Waals surface area contributed by atoms with Crippen LogP contribution in [0.25, 0.3) is 11.1 Å². The van der Waals surface area contributed by atoms with Crippen LogP contribution in [0.4, 0.5) is 13.2 Å². The Morgan fingerprint density at radius 2 is 1.58 bits per heavy atom. The molecule has 0 unspecified atom stereocenters. The number of carbonyl (C=O) groups is 2. The van der Waals surface area contributed by atoms with Gasteiger partial charge in [0.05, 0.1) is 11.1 Å². The fourth-order valence-corrected chi connectivity index (χ4v) is 3.02. The summed E-state index contributed by atoms with van der Waals surface area (Å²) in [5.74, 6) is -1.61. The lowest BCUT2D eigenvalue weighted by Crippen LogP contribution is -2.27. The molecule has 1 fully saturated rings. The zero-order valence-corrected chi connectivity index (χ0v) is 13.7. The average Bonchev–Trinajstić information content (AvgIpc) is 3.14. The molecule has 2 aromatic rings. The van der Waals surface area contributed by atoms with Crippen LogP contribution in [0.3, 0.4) is 0 Å². The van der Waals surface area contributed by atoms with Crippen LogP contribution in [-0.4, -0.2) is 35.0 Å². The van der Waals surface area contributed by atoms with Crippen molar-refractivity contribution in [1.82, 2.24) is 4.90 Å². The Labute approximate surface area is 147 Å². The smallest absolute Gasteiger partial charge is 0.416 e. The van der Waals surface area contributed by atoms with Crippen molar-refractivity contribution in [2.24, 2.45) is 0 Å². The molecule has 3 rings (SSSR count). The van der Waals surface area contributed by atoms with E-state index in [-0.39, 0.29) is 11.5 Å². The molecule has 0 spiro atoms. The summed E-state index contributed by atoms with van der Waals surface area (Å²) in [7, 11) is 0. The van der Waals surface area contributed by atoms with E-state index in [9.17, 15) is 22.8 Å². The Morgan fingerprint density at radius 3 is 2.19 bits per heavy atom. The fraction of sp³-hybridized carbons (Fsp3) is 0.263. The maximum Gasteiger partial charge on any atom is 0.416 e. The second-order valence-electron chi connectivity index (χ2n) is 6.18. The summed E-state index contributed by atoms with van der Waals surface area (Å²) < 4.78 is 39.3. The van der Waals surface area contributed by atoms with Gasteiger partial charge in [-0.1, -0.05) is 12.1 Å². The molecule has 26 heavy (non-hydrogen) atoms. The van der Waals surface area contributed by atoms with Crippen molar-refractivity contribution in [3.8, 4) is 11.1 Å². The van der Waals surface area contributed by atoms with Crippen LogP contribution in [0, 0.1) is 0 Å². The number of alkyl halides is 3. The van der Waals surface area contributed by atoms with E-state index in [1.807, 2.05) is 0 Å². The van der Waals surface area contributed by atoms with Crippen molar-refractivity contribution < 1.29 is 27.9 Å². The number of benzene rings is 2. The van der Waals surface area contributed by atoms with E-state index in [1.54, 1.807) is 23.1 Å². The summed E-state index contributed by atoms with van der Waals surface area (Å²) in [6, 6.07) is 8.92. The molecule has 0 aromatic heterocycles. The van der Waals surface area contributed by atoms with Gasteiger partial charge in [-0.2, -0.15) is 13.2 Å². The van der Waals surface area contributed by atoms with Gasteiger partial charge >= 0.3 is 12.1 Å².